The number of rotatable bonds is 5. The van der Waals surface area contributed by atoms with E-state index >= 15 is 0 Å². The first kappa shape index (κ1) is 16.5. The van der Waals surface area contributed by atoms with E-state index in [0.29, 0.717) is 16.5 Å². The van der Waals surface area contributed by atoms with E-state index in [-0.39, 0.29) is 11.4 Å². The topological polar surface area (TPSA) is 122 Å². The van der Waals surface area contributed by atoms with Crippen molar-refractivity contribution in [2.45, 2.75) is 0 Å². The number of H-pyrrole nitrogens is 1. The maximum absolute atomic E-state index is 11.8. The molecule has 1 heterocycles. The van der Waals surface area contributed by atoms with Gasteiger partial charge >= 0.3 is 0 Å². The average molecular weight is 355 g/mol. The zero-order chi connectivity index (χ0) is 17.8. The summed E-state index contributed by atoms with van der Waals surface area (Å²) in [5.41, 5.74) is 13.5. The second-order valence-corrected chi connectivity index (χ2v) is 5.65. The first-order valence-electron chi connectivity index (χ1n) is 7.33. The maximum Gasteiger partial charge on any atom is 0.256 e. The number of hydrogen-bond donors (Lipinski definition) is 4. The molecular formula is C17H15ClN6O. The maximum atomic E-state index is 11.8. The van der Waals surface area contributed by atoms with Crippen LogP contribution >= 0.6 is 11.6 Å². The van der Waals surface area contributed by atoms with Crippen molar-refractivity contribution in [2.24, 2.45) is 10.7 Å². The number of carbonyl (C=O) groups excluding carboxylic acids is 1. The van der Waals surface area contributed by atoms with Crippen molar-refractivity contribution in [3.63, 3.8) is 0 Å². The molecule has 25 heavy (non-hydrogen) atoms. The van der Waals surface area contributed by atoms with Crippen molar-refractivity contribution in [3.8, 4) is 0 Å². The Labute approximate surface area is 148 Å². The van der Waals surface area contributed by atoms with Gasteiger partial charge < -0.3 is 16.8 Å². The van der Waals surface area contributed by atoms with Crippen LogP contribution in [0.3, 0.4) is 0 Å². The highest BCUT2D eigenvalue weighted by Gasteiger charge is 2.18. The largest absolute Gasteiger partial charge is 0.399 e. The fourth-order valence-electron chi connectivity index (χ4n) is 2.15. The molecule has 0 radical (unpaired) electrons. The Balaban J connectivity index is 1.87. The number of hydrogen-bond acceptors (Lipinski definition) is 5. The molecular weight excluding hydrogens is 340 g/mol. The number of aromatic amines is 1. The van der Waals surface area contributed by atoms with E-state index in [1.165, 1.54) is 0 Å². The van der Waals surface area contributed by atoms with Gasteiger partial charge in [0.15, 0.2) is 5.82 Å². The highest BCUT2D eigenvalue weighted by Crippen LogP contribution is 2.26. The number of benzene rings is 2. The lowest BCUT2D eigenvalue weighted by Crippen LogP contribution is -2.12. The zero-order valence-corrected chi connectivity index (χ0v) is 13.8. The lowest BCUT2D eigenvalue weighted by atomic mass is 10.2. The third kappa shape index (κ3) is 3.96. The number of amides is 1. The van der Waals surface area contributed by atoms with Crippen molar-refractivity contribution >= 4 is 46.7 Å². The van der Waals surface area contributed by atoms with Crippen LogP contribution in [0.1, 0.15) is 15.9 Å². The first-order valence-corrected chi connectivity index (χ1v) is 7.71. The SMILES string of the molecule is NC(=O)c1c(N=Cc2ccc(N)cc2)n[nH]c1Nc1ccc(Cl)cc1. The van der Waals surface area contributed by atoms with Gasteiger partial charge in [0.1, 0.15) is 11.4 Å². The monoisotopic (exact) mass is 354 g/mol. The molecule has 6 N–H and O–H groups in total. The Bertz CT molecular complexity index is 915. The van der Waals surface area contributed by atoms with Gasteiger partial charge in [-0.2, -0.15) is 5.10 Å². The van der Waals surface area contributed by atoms with Crippen molar-refractivity contribution in [3.05, 3.63) is 64.7 Å². The van der Waals surface area contributed by atoms with Gasteiger partial charge in [0, 0.05) is 22.6 Å². The molecule has 3 rings (SSSR count). The smallest absolute Gasteiger partial charge is 0.256 e. The number of aliphatic imine (C=N–C) groups is 1. The van der Waals surface area contributed by atoms with Crippen molar-refractivity contribution in [1.29, 1.82) is 0 Å². The number of nitrogen functional groups attached to an aromatic ring is 1. The van der Waals surface area contributed by atoms with Gasteiger partial charge in [0.25, 0.3) is 5.91 Å². The second kappa shape index (κ2) is 7.06. The molecule has 2 aromatic carbocycles. The number of nitrogens with two attached hydrogens (primary N) is 2. The number of carbonyl (C=O) groups is 1. The van der Waals surface area contributed by atoms with Gasteiger partial charge in [-0.1, -0.05) is 23.7 Å². The van der Waals surface area contributed by atoms with Gasteiger partial charge in [0.05, 0.1) is 0 Å². The highest BCUT2D eigenvalue weighted by molar-refractivity contribution is 6.30. The minimum Gasteiger partial charge on any atom is -0.399 e. The van der Waals surface area contributed by atoms with Crippen molar-refractivity contribution in [1.82, 2.24) is 10.2 Å². The van der Waals surface area contributed by atoms with E-state index in [2.05, 4.69) is 20.5 Å². The quantitative estimate of drug-likeness (QED) is 0.415. The van der Waals surface area contributed by atoms with Gasteiger partial charge in [-0.25, -0.2) is 4.99 Å². The Hall–Kier alpha value is -3.32. The number of nitrogens with zero attached hydrogens (tertiary/aromatic N) is 2. The van der Waals surface area contributed by atoms with Crippen LogP contribution in [0.4, 0.5) is 23.0 Å². The highest BCUT2D eigenvalue weighted by atomic mass is 35.5. The fourth-order valence-corrected chi connectivity index (χ4v) is 2.27. The van der Waals surface area contributed by atoms with E-state index in [9.17, 15) is 4.79 Å². The number of primary amides is 1. The van der Waals surface area contributed by atoms with Crippen LogP contribution in [0.2, 0.25) is 5.02 Å². The van der Waals surface area contributed by atoms with E-state index in [4.69, 9.17) is 23.1 Å². The predicted octanol–water partition coefficient (Wildman–Crippen LogP) is 3.24. The normalized spacial score (nSPS) is 10.9. The second-order valence-electron chi connectivity index (χ2n) is 5.22. The number of halogens is 1. The van der Waals surface area contributed by atoms with Crippen LogP contribution in [0.25, 0.3) is 0 Å². The molecule has 0 spiro atoms. The van der Waals surface area contributed by atoms with Crippen LogP contribution in [0.15, 0.2) is 53.5 Å². The van der Waals surface area contributed by atoms with Crippen molar-refractivity contribution in [2.75, 3.05) is 11.1 Å². The summed E-state index contributed by atoms with van der Waals surface area (Å²) in [6.07, 6.45) is 1.58. The molecule has 0 atom stereocenters. The molecule has 0 saturated heterocycles. The molecule has 126 valence electrons. The van der Waals surface area contributed by atoms with Crippen LogP contribution in [-0.4, -0.2) is 22.3 Å². The minimum absolute atomic E-state index is 0.168. The summed E-state index contributed by atoms with van der Waals surface area (Å²) >= 11 is 5.86. The van der Waals surface area contributed by atoms with Gasteiger partial charge in [-0.05, 0) is 42.0 Å². The Morgan fingerprint density at radius 3 is 2.48 bits per heavy atom. The standard InChI is InChI=1S/C17H15ClN6O/c18-11-3-7-13(8-4-11)22-17-14(15(20)25)16(23-24-17)21-9-10-1-5-12(19)6-2-10/h1-9H,19H2,(H2,20,25)(H2,22,23,24). The molecule has 0 unspecified atom stereocenters. The molecule has 7 nitrogen and oxygen atoms in total. The van der Waals surface area contributed by atoms with E-state index < -0.39 is 5.91 Å². The zero-order valence-electron chi connectivity index (χ0n) is 13.0. The van der Waals surface area contributed by atoms with Gasteiger partial charge in [-0.15, -0.1) is 0 Å². The summed E-state index contributed by atoms with van der Waals surface area (Å²) in [6, 6.07) is 14.1. The number of nitrogens with one attached hydrogen (secondary N) is 2. The summed E-state index contributed by atoms with van der Waals surface area (Å²) in [7, 11) is 0. The van der Waals surface area contributed by atoms with Crippen LogP contribution in [-0.2, 0) is 0 Å². The lowest BCUT2D eigenvalue weighted by Gasteiger charge is -2.05. The van der Waals surface area contributed by atoms with Gasteiger partial charge in [0.2, 0.25) is 0 Å². The molecule has 0 fully saturated rings. The molecule has 1 aromatic heterocycles. The van der Waals surface area contributed by atoms with Crippen LogP contribution in [0.5, 0.6) is 0 Å². The first-order chi connectivity index (χ1) is 12.0. The fraction of sp³-hybridized carbons (Fsp3) is 0. The molecule has 0 bridgehead atoms. The van der Waals surface area contributed by atoms with Crippen LogP contribution in [0, 0.1) is 0 Å². The minimum atomic E-state index is -0.644. The molecule has 3 aromatic rings. The van der Waals surface area contributed by atoms with E-state index in [1.54, 1.807) is 42.6 Å². The van der Waals surface area contributed by atoms with E-state index in [0.717, 1.165) is 11.3 Å². The Kier molecular flexibility index (Phi) is 4.67. The Morgan fingerprint density at radius 2 is 1.84 bits per heavy atom. The third-order valence-corrected chi connectivity index (χ3v) is 3.63. The summed E-state index contributed by atoms with van der Waals surface area (Å²) in [6.45, 7) is 0. The summed E-state index contributed by atoms with van der Waals surface area (Å²) < 4.78 is 0. The molecule has 0 aliphatic heterocycles. The van der Waals surface area contributed by atoms with Gasteiger partial charge in [-0.3, -0.25) is 9.89 Å². The Morgan fingerprint density at radius 1 is 1.16 bits per heavy atom. The molecule has 0 saturated carbocycles. The predicted molar refractivity (Wildman–Crippen MR) is 99.9 cm³/mol. The average Bonchev–Trinajstić information content (AvgIpc) is 2.99. The molecule has 8 heteroatoms. The molecule has 1 amide bonds. The molecule has 0 aliphatic carbocycles. The van der Waals surface area contributed by atoms with Crippen molar-refractivity contribution < 1.29 is 4.79 Å². The summed E-state index contributed by atoms with van der Waals surface area (Å²) in [5.74, 6) is -0.0882. The summed E-state index contributed by atoms with van der Waals surface area (Å²) in [5, 5.41) is 10.4. The third-order valence-electron chi connectivity index (χ3n) is 3.38. The van der Waals surface area contributed by atoms with Crippen LogP contribution < -0.4 is 16.8 Å². The van der Waals surface area contributed by atoms with E-state index in [1.807, 2.05) is 12.1 Å². The lowest BCUT2D eigenvalue weighted by molar-refractivity contribution is 0.100. The molecule has 0 aliphatic rings. The number of anilines is 3. The number of aromatic nitrogens is 2. The summed E-state index contributed by atoms with van der Waals surface area (Å²) in [4.78, 5) is 16.0.